The lowest BCUT2D eigenvalue weighted by molar-refractivity contribution is 0.0951. The molecule has 3 nitrogen and oxygen atoms in total. The predicted octanol–water partition coefficient (Wildman–Crippen LogP) is 4.29. The highest BCUT2D eigenvalue weighted by Crippen LogP contribution is 2.23. The number of benzene rings is 3. The number of hydrogen-bond donors (Lipinski definition) is 1. The van der Waals surface area contributed by atoms with Crippen LogP contribution in [0.3, 0.4) is 0 Å². The Labute approximate surface area is 141 Å². The van der Waals surface area contributed by atoms with Crippen molar-refractivity contribution >= 4 is 5.91 Å². The molecule has 0 aliphatic rings. The Balaban J connectivity index is 1.75. The van der Waals surface area contributed by atoms with Crippen LogP contribution >= 0.6 is 0 Å². The van der Waals surface area contributed by atoms with E-state index in [-0.39, 0.29) is 5.91 Å². The summed E-state index contributed by atoms with van der Waals surface area (Å²) in [5, 5.41) is 2.98. The first-order valence-electron chi connectivity index (χ1n) is 7.83. The standard InChI is InChI=1S/C21H19NO2/c1-24-18-13-11-16(12-14-18)15-22-21(23)20-10-6-5-9-19(20)17-7-3-2-4-8-17/h2-14H,15H2,1H3,(H,22,23). The van der Waals surface area contributed by atoms with Gasteiger partial charge in [-0.3, -0.25) is 4.79 Å². The van der Waals surface area contributed by atoms with Crippen LogP contribution < -0.4 is 10.1 Å². The molecule has 0 spiro atoms. The molecule has 0 saturated carbocycles. The van der Waals surface area contributed by atoms with Gasteiger partial charge in [0.15, 0.2) is 0 Å². The zero-order valence-electron chi connectivity index (χ0n) is 13.5. The van der Waals surface area contributed by atoms with Crippen LogP contribution in [0.1, 0.15) is 15.9 Å². The molecule has 0 bridgehead atoms. The Morgan fingerprint density at radius 1 is 0.875 bits per heavy atom. The minimum atomic E-state index is -0.0785. The zero-order valence-corrected chi connectivity index (χ0v) is 13.5. The topological polar surface area (TPSA) is 38.3 Å². The summed E-state index contributed by atoms with van der Waals surface area (Å²) in [4.78, 5) is 12.6. The van der Waals surface area contributed by atoms with E-state index in [2.05, 4.69) is 5.32 Å². The molecule has 0 fully saturated rings. The van der Waals surface area contributed by atoms with Gasteiger partial charge in [-0.25, -0.2) is 0 Å². The second kappa shape index (κ2) is 7.47. The molecule has 3 heteroatoms. The Morgan fingerprint density at radius 2 is 1.54 bits per heavy atom. The lowest BCUT2D eigenvalue weighted by Gasteiger charge is -2.11. The zero-order chi connectivity index (χ0) is 16.8. The molecule has 0 aliphatic heterocycles. The van der Waals surface area contributed by atoms with Gasteiger partial charge in [-0.05, 0) is 34.9 Å². The van der Waals surface area contributed by atoms with Crippen LogP contribution in [0.4, 0.5) is 0 Å². The highest BCUT2D eigenvalue weighted by Gasteiger charge is 2.11. The Kier molecular flexibility index (Phi) is 4.92. The Hall–Kier alpha value is -3.07. The van der Waals surface area contributed by atoms with Crippen LogP contribution in [-0.4, -0.2) is 13.0 Å². The highest BCUT2D eigenvalue weighted by molar-refractivity contribution is 6.00. The summed E-state index contributed by atoms with van der Waals surface area (Å²) < 4.78 is 5.14. The maximum absolute atomic E-state index is 12.6. The fourth-order valence-corrected chi connectivity index (χ4v) is 2.57. The summed E-state index contributed by atoms with van der Waals surface area (Å²) in [5.74, 6) is 0.727. The van der Waals surface area contributed by atoms with Crippen LogP contribution in [0.15, 0.2) is 78.9 Å². The summed E-state index contributed by atoms with van der Waals surface area (Å²) >= 11 is 0. The smallest absolute Gasteiger partial charge is 0.252 e. The second-order valence-electron chi connectivity index (χ2n) is 5.44. The van der Waals surface area contributed by atoms with Crippen molar-refractivity contribution in [1.29, 1.82) is 0 Å². The normalized spacial score (nSPS) is 10.2. The van der Waals surface area contributed by atoms with Crippen molar-refractivity contribution in [2.45, 2.75) is 6.54 Å². The Morgan fingerprint density at radius 3 is 2.25 bits per heavy atom. The molecular weight excluding hydrogens is 298 g/mol. The molecule has 24 heavy (non-hydrogen) atoms. The Bertz CT molecular complexity index is 811. The lowest BCUT2D eigenvalue weighted by Crippen LogP contribution is -2.23. The molecule has 0 aliphatic carbocycles. The number of rotatable bonds is 5. The van der Waals surface area contributed by atoms with Crippen LogP contribution in [-0.2, 0) is 6.54 Å². The van der Waals surface area contributed by atoms with E-state index in [9.17, 15) is 4.79 Å². The van der Waals surface area contributed by atoms with Crippen molar-refractivity contribution in [2.24, 2.45) is 0 Å². The first-order chi connectivity index (χ1) is 11.8. The van der Waals surface area contributed by atoms with E-state index >= 15 is 0 Å². The van der Waals surface area contributed by atoms with Crippen LogP contribution in [0.2, 0.25) is 0 Å². The molecular formula is C21H19NO2. The number of hydrogen-bond acceptors (Lipinski definition) is 2. The van der Waals surface area contributed by atoms with E-state index in [1.807, 2.05) is 78.9 Å². The van der Waals surface area contributed by atoms with Gasteiger partial charge in [0.1, 0.15) is 5.75 Å². The van der Waals surface area contributed by atoms with Gasteiger partial charge < -0.3 is 10.1 Å². The van der Waals surface area contributed by atoms with Crippen molar-refractivity contribution in [1.82, 2.24) is 5.32 Å². The first kappa shape index (κ1) is 15.8. The minimum absolute atomic E-state index is 0.0785. The van der Waals surface area contributed by atoms with Crippen molar-refractivity contribution in [3.63, 3.8) is 0 Å². The van der Waals surface area contributed by atoms with Gasteiger partial charge in [0.05, 0.1) is 7.11 Å². The quantitative estimate of drug-likeness (QED) is 0.762. The maximum atomic E-state index is 12.6. The average molecular weight is 317 g/mol. The molecule has 0 radical (unpaired) electrons. The van der Waals surface area contributed by atoms with Crippen molar-refractivity contribution < 1.29 is 9.53 Å². The number of carbonyl (C=O) groups is 1. The van der Waals surface area contributed by atoms with Gasteiger partial charge in [-0.2, -0.15) is 0 Å². The predicted molar refractivity (Wildman–Crippen MR) is 96.0 cm³/mol. The van der Waals surface area contributed by atoms with E-state index in [0.29, 0.717) is 12.1 Å². The van der Waals surface area contributed by atoms with E-state index in [4.69, 9.17) is 4.74 Å². The average Bonchev–Trinajstić information content (AvgIpc) is 2.67. The van der Waals surface area contributed by atoms with Crippen LogP contribution in [0.25, 0.3) is 11.1 Å². The summed E-state index contributed by atoms with van der Waals surface area (Å²) in [5.41, 5.74) is 3.68. The van der Waals surface area contributed by atoms with E-state index in [1.165, 1.54) is 0 Å². The summed E-state index contributed by atoms with van der Waals surface area (Å²) in [6, 6.07) is 25.3. The third-order valence-electron chi connectivity index (χ3n) is 3.87. The largest absolute Gasteiger partial charge is 0.497 e. The molecule has 3 aromatic rings. The number of ether oxygens (including phenoxy) is 1. The van der Waals surface area contributed by atoms with Gasteiger partial charge in [0, 0.05) is 12.1 Å². The van der Waals surface area contributed by atoms with E-state index in [1.54, 1.807) is 7.11 Å². The number of amides is 1. The summed E-state index contributed by atoms with van der Waals surface area (Å²) in [7, 11) is 1.64. The number of carbonyl (C=O) groups excluding carboxylic acids is 1. The fraction of sp³-hybridized carbons (Fsp3) is 0.0952. The third kappa shape index (κ3) is 3.63. The summed E-state index contributed by atoms with van der Waals surface area (Å²) in [6.07, 6.45) is 0. The first-order valence-corrected chi connectivity index (χ1v) is 7.83. The van der Waals surface area contributed by atoms with E-state index in [0.717, 1.165) is 22.4 Å². The van der Waals surface area contributed by atoms with Gasteiger partial charge >= 0.3 is 0 Å². The monoisotopic (exact) mass is 317 g/mol. The number of nitrogens with one attached hydrogen (secondary N) is 1. The highest BCUT2D eigenvalue weighted by atomic mass is 16.5. The molecule has 3 rings (SSSR count). The van der Waals surface area contributed by atoms with Gasteiger partial charge in [0.25, 0.3) is 5.91 Å². The second-order valence-corrected chi connectivity index (χ2v) is 5.44. The summed E-state index contributed by atoms with van der Waals surface area (Å²) in [6.45, 7) is 0.478. The van der Waals surface area contributed by atoms with Crippen LogP contribution in [0, 0.1) is 0 Å². The molecule has 1 N–H and O–H groups in total. The fourth-order valence-electron chi connectivity index (χ4n) is 2.57. The maximum Gasteiger partial charge on any atom is 0.252 e. The molecule has 0 aromatic heterocycles. The number of methoxy groups -OCH3 is 1. The van der Waals surface area contributed by atoms with Crippen LogP contribution in [0.5, 0.6) is 5.75 Å². The van der Waals surface area contributed by atoms with Crippen molar-refractivity contribution in [3.05, 3.63) is 90.0 Å². The molecule has 1 amide bonds. The molecule has 0 saturated heterocycles. The van der Waals surface area contributed by atoms with Gasteiger partial charge in [-0.1, -0.05) is 60.7 Å². The van der Waals surface area contributed by atoms with E-state index < -0.39 is 0 Å². The van der Waals surface area contributed by atoms with Gasteiger partial charge in [0.2, 0.25) is 0 Å². The SMILES string of the molecule is COc1ccc(CNC(=O)c2ccccc2-c2ccccc2)cc1. The molecule has 120 valence electrons. The lowest BCUT2D eigenvalue weighted by atomic mass is 9.99. The minimum Gasteiger partial charge on any atom is -0.497 e. The third-order valence-corrected chi connectivity index (χ3v) is 3.87. The molecule has 3 aromatic carbocycles. The molecule has 0 atom stereocenters. The van der Waals surface area contributed by atoms with Crippen molar-refractivity contribution in [3.8, 4) is 16.9 Å². The van der Waals surface area contributed by atoms with Gasteiger partial charge in [-0.15, -0.1) is 0 Å². The van der Waals surface area contributed by atoms with Crippen molar-refractivity contribution in [2.75, 3.05) is 7.11 Å². The molecule has 0 unspecified atom stereocenters. The molecule has 0 heterocycles.